The highest BCUT2D eigenvalue weighted by Crippen LogP contribution is 2.34. The number of carbonyl (C=O) groups excluding carboxylic acids is 2. The maximum Gasteiger partial charge on any atom is 0.416 e. The summed E-state index contributed by atoms with van der Waals surface area (Å²) in [7, 11) is 0.959. The number of ether oxygens (including phenoxy) is 2. The van der Waals surface area contributed by atoms with E-state index in [0.29, 0.717) is 12.1 Å². The zero-order chi connectivity index (χ0) is 16.9. The highest BCUT2D eigenvalue weighted by atomic mass is 19.4. The quantitative estimate of drug-likeness (QED) is 0.391. The van der Waals surface area contributed by atoms with E-state index in [-0.39, 0.29) is 17.9 Å². The molecular weight excluding hydrogens is 305 g/mol. The number of aliphatic hydroxyl groups excluding tert-OH is 1. The van der Waals surface area contributed by atoms with E-state index in [4.69, 9.17) is 4.74 Å². The number of hydrogen-bond donors (Lipinski definition) is 1. The fourth-order valence-electron chi connectivity index (χ4n) is 1.55. The Balaban J connectivity index is 3.32. The molecule has 5 nitrogen and oxygen atoms in total. The summed E-state index contributed by atoms with van der Waals surface area (Å²) >= 11 is 0. The molecule has 0 saturated carbocycles. The van der Waals surface area contributed by atoms with Crippen LogP contribution in [0.1, 0.15) is 18.1 Å². The first-order valence-corrected chi connectivity index (χ1v) is 6.08. The van der Waals surface area contributed by atoms with Crippen molar-refractivity contribution in [3.8, 4) is 5.75 Å². The van der Waals surface area contributed by atoms with Crippen LogP contribution >= 0.6 is 0 Å². The number of halogens is 3. The Morgan fingerprint density at radius 3 is 2.45 bits per heavy atom. The number of methoxy groups -OCH3 is 1. The first-order chi connectivity index (χ1) is 10.2. The number of ketones is 1. The van der Waals surface area contributed by atoms with E-state index in [2.05, 4.69) is 4.74 Å². The third kappa shape index (κ3) is 4.24. The highest BCUT2D eigenvalue weighted by molar-refractivity contribution is 6.39. The Morgan fingerprint density at radius 2 is 1.95 bits per heavy atom. The lowest BCUT2D eigenvalue weighted by molar-refractivity contribution is -0.149. The minimum Gasteiger partial charge on any atom is -0.507 e. The Kier molecular flexibility index (Phi) is 5.56. The van der Waals surface area contributed by atoms with E-state index in [0.717, 1.165) is 19.2 Å². The maximum atomic E-state index is 12.7. The van der Waals surface area contributed by atoms with Crippen molar-refractivity contribution in [2.24, 2.45) is 0 Å². The summed E-state index contributed by atoms with van der Waals surface area (Å²) < 4.78 is 47.4. The molecule has 0 spiro atoms. The first-order valence-electron chi connectivity index (χ1n) is 6.08. The summed E-state index contributed by atoms with van der Waals surface area (Å²) in [4.78, 5) is 22.3. The molecule has 1 aromatic rings. The highest BCUT2D eigenvalue weighted by Gasteiger charge is 2.31. The van der Waals surface area contributed by atoms with Crippen molar-refractivity contribution in [2.75, 3.05) is 13.7 Å². The molecular formula is C14H13F3O5. The van der Waals surface area contributed by atoms with E-state index in [9.17, 15) is 27.9 Å². The fraction of sp³-hybridized carbons (Fsp3) is 0.286. The predicted octanol–water partition coefficient (Wildman–Crippen LogP) is 2.75. The van der Waals surface area contributed by atoms with Crippen molar-refractivity contribution in [3.05, 3.63) is 35.4 Å². The minimum absolute atomic E-state index is 0.0538. The van der Waals surface area contributed by atoms with E-state index < -0.39 is 29.3 Å². The van der Waals surface area contributed by atoms with Crippen LogP contribution in [0.15, 0.2) is 24.3 Å². The van der Waals surface area contributed by atoms with Gasteiger partial charge >= 0.3 is 12.1 Å². The molecule has 0 bridgehead atoms. The van der Waals surface area contributed by atoms with Gasteiger partial charge in [0.15, 0.2) is 0 Å². The average molecular weight is 318 g/mol. The average Bonchev–Trinajstić information content (AvgIpc) is 2.45. The van der Waals surface area contributed by atoms with Crippen molar-refractivity contribution < 1.29 is 37.3 Å². The van der Waals surface area contributed by atoms with E-state index in [1.807, 2.05) is 0 Å². The standard InChI is InChI=1S/C14H13F3O5/c1-3-22-12-5-4-8(14(15,16)17)6-9(12)10(18)7-11(19)13(20)21-2/h4-7,18H,3H2,1-2H3/b10-7+. The third-order valence-corrected chi connectivity index (χ3v) is 2.54. The molecule has 1 aromatic carbocycles. The summed E-state index contributed by atoms with van der Waals surface area (Å²) in [6, 6.07) is 2.43. The number of carbonyl (C=O) groups is 2. The van der Waals surface area contributed by atoms with Gasteiger partial charge in [0.2, 0.25) is 0 Å². The number of benzene rings is 1. The summed E-state index contributed by atoms with van der Waals surface area (Å²) in [5.74, 6) is -3.34. The Morgan fingerprint density at radius 1 is 1.32 bits per heavy atom. The smallest absolute Gasteiger partial charge is 0.416 e. The van der Waals surface area contributed by atoms with Gasteiger partial charge in [-0.25, -0.2) is 4.79 Å². The van der Waals surface area contributed by atoms with Crippen LogP contribution in [0.3, 0.4) is 0 Å². The Hall–Kier alpha value is -2.51. The first kappa shape index (κ1) is 17.5. The number of aliphatic hydroxyl groups is 1. The molecule has 0 aliphatic carbocycles. The third-order valence-electron chi connectivity index (χ3n) is 2.54. The molecule has 22 heavy (non-hydrogen) atoms. The molecule has 120 valence electrons. The van der Waals surface area contributed by atoms with Gasteiger partial charge in [0.05, 0.1) is 24.8 Å². The van der Waals surface area contributed by atoms with Gasteiger partial charge in [-0.3, -0.25) is 4.79 Å². The number of alkyl halides is 3. The normalized spacial score (nSPS) is 12.0. The van der Waals surface area contributed by atoms with Gasteiger partial charge in [-0.2, -0.15) is 13.2 Å². The molecule has 8 heteroatoms. The van der Waals surface area contributed by atoms with Crippen LogP contribution in [-0.2, 0) is 20.5 Å². The topological polar surface area (TPSA) is 72.8 Å². The van der Waals surface area contributed by atoms with Gasteiger partial charge in [0, 0.05) is 6.08 Å². The molecule has 1 rings (SSSR count). The van der Waals surface area contributed by atoms with Gasteiger partial charge < -0.3 is 14.6 Å². The van der Waals surface area contributed by atoms with Crippen molar-refractivity contribution in [2.45, 2.75) is 13.1 Å². The van der Waals surface area contributed by atoms with Crippen LogP contribution in [-0.4, -0.2) is 30.6 Å². The fourth-order valence-corrected chi connectivity index (χ4v) is 1.55. The van der Waals surface area contributed by atoms with Crippen molar-refractivity contribution in [1.29, 1.82) is 0 Å². The second kappa shape index (κ2) is 6.97. The molecule has 0 aromatic heterocycles. The van der Waals surface area contributed by atoms with Gasteiger partial charge in [-0.05, 0) is 25.1 Å². The van der Waals surface area contributed by atoms with Gasteiger partial charge in [-0.15, -0.1) is 0 Å². The molecule has 0 heterocycles. The molecule has 1 N–H and O–H groups in total. The molecule has 0 fully saturated rings. The van der Waals surface area contributed by atoms with Crippen LogP contribution in [0, 0.1) is 0 Å². The van der Waals surface area contributed by atoms with Gasteiger partial charge in [0.25, 0.3) is 5.78 Å². The lowest BCUT2D eigenvalue weighted by atomic mass is 10.1. The monoisotopic (exact) mass is 318 g/mol. The van der Waals surface area contributed by atoms with Gasteiger partial charge in [0.1, 0.15) is 11.5 Å². The zero-order valence-corrected chi connectivity index (χ0v) is 11.7. The van der Waals surface area contributed by atoms with Crippen molar-refractivity contribution in [3.63, 3.8) is 0 Å². The van der Waals surface area contributed by atoms with Crippen LogP contribution in [0.4, 0.5) is 13.2 Å². The van der Waals surface area contributed by atoms with Crippen LogP contribution < -0.4 is 4.74 Å². The lowest BCUT2D eigenvalue weighted by Gasteiger charge is -2.13. The van der Waals surface area contributed by atoms with E-state index in [1.165, 1.54) is 0 Å². The number of hydrogen-bond acceptors (Lipinski definition) is 5. The van der Waals surface area contributed by atoms with E-state index >= 15 is 0 Å². The minimum atomic E-state index is -4.63. The summed E-state index contributed by atoms with van der Waals surface area (Å²) in [5.41, 5.74) is -1.38. The molecule has 0 atom stereocenters. The second-order valence-electron chi connectivity index (χ2n) is 4.03. The maximum absolute atomic E-state index is 12.7. The Labute approximate surface area is 124 Å². The number of esters is 1. The zero-order valence-electron chi connectivity index (χ0n) is 11.7. The molecule has 0 radical (unpaired) electrons. The predicted molar refractivity (Wildman–Crippen MR) is 70.2 cm³/mol. The van der Waals surface area contributed by atoms with Crippen LogP contribution in [0.2, 0.25) is 0 Å². The largest absolute Gasteiger partial charge is 0.507 e. The summed E-state index contributed by atoms with van der Waals surface area (Å²) in [6.45, 7) is 1.73. The molecule has 0 unspecified atom stereocenters. The van der Waals surface area contributed by atoms with Crippen LogP contribution in [0.25, 0.3) is 5.76 Å². The molecule has 0 amide bonds. The Bertz CT molecular complexity index is 605. The lowest BCUT2D eigenvalue weighted by Crippen LogP contribution is -2.13. The van der Waals surface area contributed by atoms with Gasteiger partial charge in [-0.1, -0.05) is 0 Å². The van der Waals surface area contributed by atoms with Crippen LogP contribution in [0.5, 0.6) is 5.75 Å². The SMILES string of the molecule is CCOc1ccc(C(F)(F)F)cc1/C(O)=C\C(=O)C(=O)OC. The summed E-state index contributed by atoms with van der Waals surface area (Å²) in [6.07, 6.45) is -4.16. The number of rotatable bonds is 5. The van der Waals surface area contributed by atoms with Crippen molar-refractivity contribution >= 4 is 17.5 Å². The molecule has 0 aliphatic rings. The second-order valence-corrected chi connectivity index (χ2v) is 4.03. The van der Waals surface area contributed by atoms with E-state index in [1.54, 1.807) is 6.92 Å². The summed E-state index contributed by atoms with van der Waals surface area (Å²) in [5, 5.41) is 9.82. The molecule has 0 saturated heterocycles. The van der Waals surface area contributed by atoms with Crippen molar-refractivity contribution in [1.82, 2.24) is 0 Å². The molecule has 0 aliphatic heterocycles.